The number of benzene rings is 7. The Kier molecular flexibility index (Phi) is 7.38. The molecule has 0 unspecified atom stereocenters. The van der Waals surface area contributed by atoms with Gasteiger partial charge in [-0.25, -0.2) is 15.0 Å². The second-order valence-electron chi connectivity index (χ2n) is 17.1. The third-order valence-electron chi connectivity index (χ3n) is 13.5. The first kappa shape index (κ1) is 33.9. The van der Waals surface area contributed by atoms with Gasteiger partial charge in [-0.3, -0.25) is 0 Å². The number of rotatable bonds is 4. The molecule has 1 saturated carbocycles. The maximum atomic E-state index is 5.10. The summed E-state index contributed by atoms with van der Waals surface area (Å²) in [5, 5.41) is 2.49. The van der Waals surface area contributed by atoms with Crippen LogP contribution in [0.1, 0.15) is 68.2 Å². The van der Waals surface area contributed by atoms with Gasteiger partial charge in [-0.15, -0.1) is 11.3 Å². The monoisotopic (exact) mass is 763 g/mol. The molecular formula is C54H41N3S. The van der Waals surface area contributed by atoms with Crippen LogP contribution in [-0.4, -0.2) is 15.0 Å². The minimum atomic E-state index is -0.0293. The van der Waals surface area contributed by atoms with Crippen molar-refractivity contribution >= 4 is 31.5 Å². The summed E-state index contributed by atoms with van der Waals surface area (Å²) in [6, 6.07) is 55.7. The molecule has 12 rings (SSSR count). The maximum absolute atomic E-state index is 5.10. The van der Waals surface area contributed by atoms with Crippen LogP contribution >= 0.6 is 11.3 Å². The van der Waals surface area contributed by atoms with E-state index < -0.39 is 0 Å². The van der Waals surface area contributed by atoms with Crippen LogP contribution in [-0.2, 0) is 10.8 Å². The third kappa shape index (κ3) is 4.94. The fourth-order valence-corrected chi connectivity index (χ4v) is 11.8. The second-order valence-corrected chi connectivity index (χ2v) is 18.1. The molecule has 0 aliphatic heterocycles. The average molecular weight is 764 g/mol. The van der Waals surface area contributed by atoms with Gasteiger partial charge in [-0.2, -0.15) is 0 Å². The van der Waals surface area contributed by atoms with Gasteiger partial charge in [0.05, 0.1) is 0 Å². The molecule has 58 heavy (non-hydrogen) atoms. The summed E-state index contributed by atoms with van der Waals surface area (Å²) in [5.41, 5.74) is 17.3. The van der Waals surface area contributed by atoms with Crippen molar-refractivity contribution in [3.63, 3.8) is 0 Å². The SMILES string of the molecule is CC1(C)c2ccccc2-c2cc3c(cc21)-c1cc(-c2ccc4sc5c(-c6nc(-c7ccccc7)nc(-c7ccccc7)n6)cccc5c4c2)ccc1C31CCCCC1. The molecule has 0 N–H and O–H groups in total. The van der Waals surface area contributed by atoms with E-state index in [4.69, 9.17) is 15.0 Å². The predicted octanol–water partition coefficient (Wildman–Crippen LogP) is 14.4. The first-order chi connectivity index (χ1) is 28.5. The highest BCUT2D eigenvalue weighted by Gasteiger charge is 2.46. The molecule has 1 fully saturated rings. The van der Waals surface area contributed by atoms with E-state index in [0.717, 1.165) is 16.7 Å². The number of hydrogen-bond donors (Lipinski definition) is 0. The Balaban J connectivity index is 0.993. The normalized spacial score (nSPS) is 15.7. The van der Waals surface area contributed by atoms with Gasteiger partial charge in [-0.1, -0.05) is 148 Å². The molecule has 0 radical (unpaired) electrons. The first-order valence-corrected chi connectivity index (χ1v) is 21.5. The van der Waals surface area contributed by atoms with Gasteiger partial charge in [0.1, 0.15) is 0 Å². The van der Waals surface area contributed by atoms with Crippen LogP contribution in [0.4, 0.5) is 0 Å². The zero-order valence-electron chi connectivity index (χ0n) is 32.7. The minimum absolute atomic E-state index is 0.0293. The van der Waals surface area contributed by atoms with Crippen molar-refractivity contribution in [2.24, 2.45) is 0 Å². The minimum Gasteiger partial charge on any atom is -0.208 e. The lowest BCUT2D eigenvalue weighted by Crippen LogP contribution is -2.28. The summed E-state index contributed by atoms with van der Waals surface area (Å²) in [6.45, 7) is 4.81. The van der Waals surface area contributed by atoms with Crippen LogP contribution in [0.2, 0.25) is 0 Å². The lowest BCUT2D eigenvalue weighted by molar-refractivity contribution is 0.353. The summed E-state index contributed by atoms with van der Waals surface area (Å²) in [6.07, 6.45) is 6.36. The van der Waals surface area contributed by atoms with Crippen LogP contribution in [0.25, 0.3) is 87.7 Å². The lowest BCUT2D eigenvalue weighted by atomic mass is 9.67. The molecule has 2 aromatic heterocycles. The Morgan fingerprint density at radius 3 is 1.78 bits per heavy atom. The molecule has 1 spiro atoms. The fourth-order valence-electron chi connectivity index (χ4n) is 10.7. The molecule has 278 valence electrons. The quantitative estimate of drug-likeness (QED) is 0.179. The van der Waals surface area contributed by atoms with Crippen molar-refractivity contribution in [1.29, 1.82) is 0 Å². The third-order valence-corrected chi connectivity index (χ3v) is 14.8. The van der Waals surface area contributed by atoms with Gasteiger partial charge >= 0.3 is 0 Å². The molecule has 4 heteroatoms. The van der Waals surface area contributed by atoms with Crippen molar-refractivity contribution in [2.45, 2.75) is 56.8 Å². The van der Waals surface area contributed by atoms with Gasteiger partial charge in [-0.05, 0) is 105 Å². The molecule has 0 amide bonds. The molecule has 0 atom stereocenters. The predicted molar refractivity (Wildman–Crippen MR) is 241 cm³/mol. The summed E-state index contributed by atoms with van der Waals surface area (Å²) in [7, 11) is 0. The Morgan fingerprint density at radius 1 is 0.414 bits per heavy atom. The molecule has 9 aromatic rings. The number of thiophene rings is 1. The zero-order valence-corrected chi connectivity index (χ0v) is 33.5. The van der Waals surface area contributed by atoms with Crippen LogP contribution in [0.15, 0.2) is 152 Å². The number of aromatic nitrogens is 3. The van der Waals surface area contributed by atoms with Crippen LogP contribution in [0, 0.1) is 0 Å². The lowest BCUT2D eigenvalue weighted by Gasteiger charge is -2.36. The van der Waals surface area contributed by atoms with Gasteiger partial charge in [0, 0.05) is 47.7 Å². The Bertz CT molecular complexity index is 3060. The highest BCUT2D eigenvalue weighted by atomic mass is 32.1. The van der Waals surface area contributed by atoms with E-state index >= 15 is 0 Å². The van der Waals surface area contributed by atoms with E-state index in [1.165, 1.54) is 102 Å². The average Bonchev–Trinajstić information content (AvgIpc) is 3.86. The van der Waals surface area contributed by atoms with Crippen LogP contribution in [0.5, 0.6) is 0 Å². The van der Waals surface area contributed by atoms with Crippen molar-refractivity contribution in [1.82, 2.24) is 15.0 Å². The molecule has 3 aliphatic rings. The Labute approximate surface area is 343 Å². The summed E-state index contributed by atoms with van der Waals surface area (Å²) in [4.78, 5) is 15.1. The zero-order chi connectivity index (χ0) is 38.6. The number of nitrogens with zero attached hydrogens (tertiary/aromatic N) is 3. The number of fused-ring (bicyclic) bond motifs is 11. The van der Waals surface area contributed by atoms with Gasteiger partial charge in [0.2, 0.25) is 0 Å². The first-order valence-electron chi connectivity index (χ1n) is 20.7. The molecule has 3 aliphatic carbocycles. The van der Waals surface area contributed by atoms with E-state index in [2.05, 4.69) is 129 Å². The van der Waals surface area contributed by atoms with Crippen molar-refractivity contribution in [2.75, 3.05) is 0 Å². The summed E-state index contributed by atoms with van der Waals surface area (Å²) < 4.78 is 2.45. The van der Waals surface area contributed by atoms with Crippen LogP contribution in [0.3, 0.4) is 0 Å². The van der Waals surface area contributed by atoms with E-state index in [0.29, 0.717) is 17.5 Å². The largest absolute Gasteiger partial charge is 0.208 e. The molecule has 2 heterocycles. The highest BCUT2D eigenvalue weighted by Crippen LogP contribution is 2.60. The van der Waals surface area contributed by atoms with E-state index in [9.17, 15) is 0 Å². The fraction of sp³-hybridized carbons (Fsp3) is 0.167. The summed E-state index contributed by atoms with van der Waals surface area (Å²) in [5.74, 6) is 2.05. The topological polar surface area (TPSA) is 38.7 Å². The van der Waals surface area contributed by atoms with Crippen molar-refractivity contribution in [3.8, 4) is 67.5 Å². The van der Waals surface area contributed by atoms with Crippen molar-refractivity contribution < 1.29 is 0 Å². The Morgan fingerprint density at radius 2 is 1.02 bits per heavy atom. The van der Waals surface area contributed by atoms with Gasteiger partial charge in [0.15, 0.2) is 17.5 Å². The van der Waals surface area contributed by atoms with E-state index in [1.54, 1.807) is 5.56 Å². The van der Waals surface area contributed by atoms with Crippen molar-refractivity contribution in [3.05, 3.63) is 174 Å². The van der Waals surface area contributed by atoms with Gasteiger partial charge in [0.25, 0.3) is 0 Å². The maximum Gasteiger partial charge on any atom is 0.165 e. The van der Waals surface area contributed by atoms with E-state index in [-0.39, 0.29) is 10.8 Å². The smallest absolute Gasteiger partial charge is 0.165 e. The highest BCUT2D eigenvalue weighted by molar-refractivity contribution is 7.26. The Hall–Kier alpha value is -6.23. The number of hydrogen-bond acceptors (Lipinski definition) is 4. The molecule has 7 aromatic carbocycles. The van der Waals surface area contributed by atoms with E-state index in [1.807, 2.05) is 47.7 Å². The standard InChI is InChI=1S/C54H41N3S/c1-53(2)44-22-11-10-19-37(44)41-32-47-42(31-46(41)53)40-29-35(23-25-45(40)54(47)27-12-5-13-28-54)36-24-26-48-43(30-36)38-20-14-21-39(49(38)58-48)52-56-50(33-15-6-3-7-16-33)55-51(57-52)34-17-8-4-9-18-34/h3-4,6-11,14-26,29-32H,5,12-13,27-28H2,1-2H3. The summed E-state index contributed by atoms with van der Waals surface area (Å²) >= 11 is 1.82. The molecule has 0 saturated heterocycles. The second kappa shape index (κ2) is 12.6. The van der Waals surface area contributed by atoms with Crippen LogP contribution < -0.4 is 0 Å². The molecule has 3 nitrogen and oxygen atoms in total. The molecule has 0 bridgehead atoms. The molecular weight excluding hydrogens is 723 g/mol. The van der Waals surface area contributed by atoms with Gasteiger partial charge < -0.3 is 0 Å².